The van der Waals surface area contributed by atoms with E-state index < -0.39 is 0 Å². The van der Waals surface area contributed by atoms with Crippen LogP contribution in [0.4, 0.5) is 5.69 Å². The molecule has 0 saturated carbocycles. The summed E-state index contributed by atoms with van der Waals surface area (Å²) in [5.74, 6) is 0.434. The maximum absolute atomic E-state index is 6.15. The van der Waals surface area contributed by atoms with Gasteiger partial charge in [0.15, 0.2) is 0 Å². The van der Waals surface area contributed by atoms with Crippen molar-refractivity contribution in [2.75, 3.05) is 11.9 Å². The molecule has 0 amide bonds. The Morgan fingerprint density at radius 3 is 2.67 bits per heavy atom. The van der Waals surface area contributed by atoms with Gasteiger partial charge in [0, 0.05) is 29.8 Å². The molecule has 0 spiro atoms. The van der Waals surface area contributed by atoms with Crippen molar-refractivity contribution in [3.8, 4) is 0 Å². The summed E-state index contributed by atoms with van der Waals surface area (Å²) in [6.45, 7) is 0.747. The highest BCUT2D eigenvalue weighted by molar-refractivity contribution is 6.32. The molecule has 1 aromatic heterocycles. The molecule has 2 aromatic rings. The molecule has 94 valence electrons. The SMILES string of the molecule is CN(Cc1ccccn1)c1ccc(CCl)c(Cl)c1. The third kappa shape index (κ3) is 3.15. The van der Waals surface area contributed by atoms with Gasteiger partial charge in [-0.3, -0.25) is 4.98 Å². The summed E-state index contributed by atoms with van der Waals surface area (Å²) in [7, 11) is 2.01. The molecule has 0 radical (unpaired) electrons. The molecule has 0 aliphatic rings. The van der Waals surface area contributed by atoms with Gasteiger partial charge in [-0.05, 0) is 29.8 Å². The number of halogens is 2. The average Bonchev–Trinajstić information content (AvgIpc) is 2.39. The van der Waals surface area contributed by atoms with Gasteiger partial charge in [0.25, 0.3) is 0 Å². The Bertz CT molecular complexity index is 514. The minimum Gasteiger partial charge on any atom is -0.369 e. The predicted molar refractivity (Wildman–Crippen MR) is 77.4 cm³/mol. The van der Waals surface area contributed by atoms with E-state index in [1.165, 1.54) is 0 Å². The number of hydrogen-bond acceptors (Lipinski definition) is 2. The number of anilines is 1. The van der Waals surface area contributed by atoms with Crippen molar-refractivity contribution in [3.05, 3.63) is 58.9 Å². The Morgan fingerprint density at radius 2 is 2.06 bits per heavy atom. The van der Waals surface area contributed by atoms with Gasteiger partial charge < -0.3 is 4.90 Å². The van der Waals surface area contributed by atoms with Crippen molar-refractivity contribution in [1.29, 1.82) is 0 Å². The fourth-order valence-electron chi connectivity index (χ4n) is 1.71. The smallest absolute Gasteiger partial charge is 0.0598 e. The summed E-state index contributed by atoms with van der Waals surface area (Å²) >= 11 is 11.9. The van der Waals surface area contributed by atoms with E-state index in [1.807, 2.05) is 43.4 Å². The van der Waals surface area contributed by atoms with E-state index in [9.17, 15) is 0 Å². The Balaban J connectivity index is 2.14. The molecule has 2 rings (SSSR count). The molecule has 1 aromatic carbocycles. The summed E-state index contributed by atoms with van der Waals surface area (Å²) in [6, 6.07) is 11.8. The molecular formula is C14H14Cl2N2. The van der Waals surface area contributed by atoms with Crippen LogP contribution in [0.3, 0.4) is 0 Å². The number of pyridine rings is 1. The molecule has 0 unspecified atom stereocenters. The molecule has 0 fully saturated rings. The summed E-state index contributed by atoms with van der Waals surface area (Å²) in [4.78, 5) is 6.41. The molecule has 0 bridgehead atoms. The van der Waals surface area contributed by atoms with Gasteiger partial charge in [-0.25, -0.2) is 0 Å². The van der Waals surface area contributed by atoms with Crippen molar-refractivity contribution in [1.82, 2.24) is 4.98 Å². The number of alkyl halides is 1. The van der Waals surface area contributed by atoms with E-state index in [0.717, 1.165) is 23.5 Å². The van der Waals surface area contributed by atoms with Crippen LogP contribution in [0.15, 0.2) is 42.6 Å². The van der Waals surface area contributed by atoms with Gasteiger partial charge in [0.05, 0.1) is 12.2 Å². The second-order valence-electron chi connectivity index (χ2n) is 4.09. The first-order valence-electron chi connectivity index (χ1n) is 5.66. The molecule has 4 heteroatoms. The van der Waals surface area contributed by atoms with E-state index in [0.29, 0.717) is 10.9 Å². The van der Waals surface area contributed by atoms with Crippen LogP contribution in [-0.4, -0.2) is 12.0 Å². The van der Waals surface area contributed by atoms with Crippen molar-refractivity contribution < 1.29 is 0 Å². The number of aromatic nitrogens is 1. The lowest BCUT2D eigenvalue weighted by atomic mass is 10.2. The quantitative estimate of drug-likeness (QED) is 0.784. The third-order valence-corrected chi connectivity index (χ3v) is 3.39. The van der Waals surface area contributed by atoms with Gasteiger partial charge in [-0.2, -0.15) is 0 Å². The van der Waals surface area contributed by atoms with Crippen molar-refractivity contribution in [3.63, 3.8) is 0 Å². The molecule has 0 aliphatic carbocycles. The number of nitrogens with zero attached hydrogens (tertiary/aromatic N) is 2. The Morgan fingerprint density at radius 1 is 1.22 bits per heavy atom. The van der Waals surface area contributed by atoms with E-state index in [4.69, 9.17) is 23.2 Å². The first kappa shape index (κ1) is 13.2. The van der Waals surface area contributed by atoms with Crippen molar-refractivity contribution in [2.24, 2.45) is 0 Å². The molecule has 0 N–H and O–H groups in total. The topological polar surface area (TPSA) is 16.1 Å². The van der Waals surface area contributed by atoms with Crippen LogP contribution >= 0.6 is 23.2 Å². The van der Waals surface area contributed by atoms with Crippen LogP contribution in [0.25, 0.3) is 0 Å². The largest absolute Gasteiger partial charge is 0.369 e. The van der Waals surface area contributed by atoms with Gasteiger partial charge in [-0.1, -0.05) is 23.7 Å². The molecule has 0 atom stereocenters. The Hall–Kier alpha value is -1.25. The summed E-state index contributed by atoms with van der Waals surface area (Å²) in [5, 5.41) is 0.704. The second kappa shape index (κ2) is 6.07. The van der Waals surface area contributed by atoms with E-state index in [-0.39, 0.29) is 0 Å². The van der Waals surface area contributed by atoms with Crippen LogP contribution in [0.2, 0.25) is 5.02 Å². The summed E-state index contributed by atoms with van der Waals surface area (Å²) < 4.78 is 0. The van der Waals surface area contributed by atoms with E-state index in [1.54, 1.807) is 6.20 Å². The zero-order valence-electron chi connectivity index (χ0n) is 10.1. The maximum Gasteiger partial charge on any atom is 0.0598 e. The zero-order chi connectivity index (χ0) is 13.0. The number of benzene rings is 1. The molecule has 1 heterocycles. The zero-order valence-corrected chi connectivity index (χ0v) is 11.6. The highest BCUT2D eigenvalue weighted by Gasteiger charge is 2.06. The van der Waals surface area contributed by atoms with Gasteiger partial charge in [0.1, 0.15) is 0 Å². The minimum atomic E-state index is 0.434. The normalized spacial score (nSPS) is 10.4. The second-order valence-corrected chi connectivity index (χ2v) is 4.76. The highest BCUT2D eigenvalue weighted by atomic mass is 35.5. The van der Waals surface area contributed by atoms with E-state index in [2.05, 4.69) is 9.88 Å². The minimum absolute atomic E-state index is 0.434. The molecule has 18 heavy (non-hydrogen) atoms. The van der Waals surface area contributed by atoms with Crippen LogP contribution in [0.1, 0.15) is 11.3 Å². The van der Waals surface area contributed by atoms with Crippen LogP contribution < -0.4 is 4.90 Å². The highest BCUT2D eigenvalue weighted by Crippen LogP contribution is 2.24. The first-order chi connectivity index (χ1) is 8.70. The maximum atomic E-state index is 6.15. The van der Waals surface area contributed by atoms with Crippen molar-refractivity contribution >= 4 is 28.9 Å². The number of rotatable bonds is 4. The van der Waals surface area contributed by atoms with E-state index >= 15 is 0 Å². The molecule has 0 aliphatic heterocycles. The van der Waals surface area contributed by atoms with Crippen LogP contribution in [0.5, 0.6) is 0 Å². The summed E-state index contributed by atoms with van der Waals surface area (Å²) in [5.41, 5.74) is 3.03. The van der Waals surface area contributed by atoms with Crippen molar-refractivity contribution in [2.45, 2.75) is 12.4 Å². The lowest BCUT2D eigenvalue weighted by molar-refractivity contribution is 0.885. The van der Waals surface area contributed by atoms with Gasteiger partial charge in [0.2, 0.25) is 0 Å². The lowest BCUT2D eigenvalue weighted by Gasteiger charge is -2.19. The summed E-state index contributed by atoms with van der Waals surface area (Å²) in [6.07, 6.45) is 1.80. The average molecular weight is 281 g/mol. The fraction of sp³-hybridized carbons (Fsp3) is 0.214. The standard InChI is InChI=1S/C14H14Cl2N2/c1-18(10-12-4-2-3-7-17-12)13-6-5-11(9-15)14(16)8-13/h2-8H,9-10H2,1H3. The van der Waals surface area contributed by atoms with Gasteiger partial charge in [-0.15, -0.1) is 11.6 Å². The Labute approximate surface area is 117 Å². The lowest BCUT2D eigenvalue weighted by Crippen LogP contribution is -2.17. The third-order valence-electron chi connectivity index (χ3n) is 2.75. The predicted octanol–water partition coefficient (Wildman–Crippen LogP) is 4.11. The molecular weight excluding hydrogens is 267 g/mol. The van der Waals surface area contributed by atoms with Crippen LogP contribution in [0, 0.1) is 0 Å². The fourth-order valence-corrected chi connectivity index (χ4v) is 2.25. The van der Waals surface area contributed by atoms with Crippen LogP contribution in [-0.2, 0) is 12.4 Å². The number of hydrogen-bond donors (Lipinski definition) is 0. The molecule has 2 nitrogen and oxygen atoms in total. The Kier molecular flexibility index (Phi) is 4.45. The first-order valence-corrected chi connectivity index (χ1v) is 6.57. The van der Waals surface area contributed by atoms with Gasteiger partial charge >= 0.3 is 0 Å². The monoisotopic (exact) mass is 280 g/mol. The molecule has 0 saturated heterocycles.